The first-order valence-corrected chi connectivity index (χ1v) is 5.59. The third kappa shape index (κ3) is 5.29. The molecular formula is C13H18N2O2. The van der Waals surface area contributed by atoms with Gasteiger partial charge in [0, 0.05) is 19.5 Å². The first-order valence-electron chi connectivity index (χ1n) is 5.59. The number of hydrogen-bond donors (Lipinski definition) is 3. The van der Waals surface area contributed by atoms with Gasteiger partial charge in [-0.3, -0.25) is 4.79 Å². The summed E-state index contributed by atoms with van der Waals surface area (Å²) in [6.07, 6.45) is 2.83. The van der Waals surface area contributed by atoms with E-state index < -0.39 is 6.10 Å². The van der Waals surface area contributed by atoms with Crippen LogP contribution in [0.25, 0.3) is 0 Å². The van der Waals surface area contributed by atoms with Gasteiger partial charge in [0.1, 0.15) is 6.10 Å². The molecule has 0 radical (unpaired) electrons. The third-order valence-electron chi connectivity index (χ3n) is 2.27. The van der Waals surface area contributed by atoms with Crippen molar-refractivity contribution in [3.63, 3.8) is 0 Å². The molecule has 1 atom stereocenters. The van der Waals surface area contributed by atoms with Crippen LogP contribution in [0.5, 0.6) is 0 Å². The molecule has 0 aliphatic rings. The highest BCUT2D eigenvalue weighted by Crippen LogP contribution is 2.02. The van der Waals surface area contributed by atoms with Gasteiger partial charge in [-0.25, -0.2) is 0 Å². The van der Waals surface area contributed by atoms with Gasteiger partial charge in [-0.1, -0.05) is 42.5 Å². The van der Waals surface area contributed by atoms with Crippen LogP contribution in [0.2, 0.25) is 0 Å². The fourth-order valence-corrected chi connectivity index (χ4v) is 1.39. The van der Waals surface area contributed by atoms with Crippen LogP contribution >= 0.6 is 0 Å². The summed E-state index contributed by atoms with van der Waals surface area (Å²) in [5.74, 6) is -0.365. The lowest BCUT2D eigenvalue weighted by molar-refractivity contribution is -0.129. The topological polar surface area (TPSA) is 75.3 Å². The molecule has 1 rings (SSSR count). The summed E-state index contributed by atoms with van der Waals surface area (Å²) in [5.41, 5.74) is 6.20. The Hall–Kier alpha value is -1.65. The first kappa shape index (κ1) is 13.4. The van der Waals surface area contributed by atoms with Crippen LogP contribution in [0, 0.1) is 0 Å². The van der Waals surface area contributed by atoms with E-state index in [1.54, 1.807) is 12.2 Å². The van der Waals surface area contributed by atoms with E-state index >= 15 is 0 Å². The quantitative estimate of drug-likeness (QED) is 0.616. The maximum atomic E-state index is 11.5. The summed E-state index contributed by atoms with van der Waals surface area (Å²) in [6, 6.07) is 9.41. The van der Waals surface area contributed by atoms with Crippen molar-refractivity contribution in [2.45, 2.75) is 12.5 Å². The van der Waals surface area contributed by atoms with Crippen LogP contribution in [0.3, 0.4) is 0 Å². The highest BCUT2D eigenvalue weighted by Gasteiger charge is 2.13. The smallest absolute Gasteiger partial charge is 0.249 e. The lowest BCUT2D eigenvalue weighted by atomic mass is 10.1. The Morgan fingerprint density at radius 3 is 2.71 bits per heavy atom. The number of rotatable bonds is 6. The van der Waals surface area contributed by atoms with Gasteiger partial charge in [-0.2, -0.15) is 0 Å². The highest BCUT2D eigenvalue weighted by molar-refractivity contribution is 5.80. The second-order valence-corrected chi connectivity index (χ2v) is 3.66. The van der Waals surface area contributed by atoms with Gasteiger partial charge in [0.2, 0.25) is 5.91 Å². The van der Waals surface area contributed by atoms with E-state index in [0.29, 0.717) is 19.5 Å². The number of nitrogens with one attached hydrogen (secondary N) is 1. The van der Waals surface area contributed by atoms with Crippen molar-refractivity contribution >= 4 is 5.91 Å². The zero-order valence-electron chi connectivity index (χ0n) is 9.67. The van der Waals surface area contributed by atoms with Gasteiger partial charge in [-0.15, -0.1) is 0 Å². The number of carbonyl (C=O) groups excluding carboxylic acids is 1. The molecule has 1 aromatic rings. The normalized spacial score (nSPS) is 12.6. The number of amides is 1. The number of aliphatic hydroxyl groups excluding tert-OH is 1. The Morgan fingerprint density at radius 1 is 1.35 bits per heavy atom. The number of nitrogens with two attached hydrogens (primary N) is 1. The van der Waals surface area contributed by atoms with Gasteiger partial charge in [0.15, 0.2) is 0 Å². The van der Waals surface area contributed by atoms with Crippen molar-refractivity contribution in [3.8, 4) is 0 Å². The summed E-state index contributed by atoms with van der Waals surface area (Å²) < 4.78 is 0. The van der Waals surface area contributed by atoms with Crippen LogP contribution < -0.4 is 11.1 Å². The van der Waals surface area contributed by atoms with Crippen LogP contribution in [0.1, 0.15) is 5.56 Å². The minimum absolute atomic E-state index is 0.327. The van der Waals surface area contributed by atoms with E-state index in [1.807, 2.05) is 30.3 Å². The lowest BCUT2D eigenvalue weighted by Gasteiger charge is -2.10. The number of hydrogen-bond acceptors (Lipinski definition) is 3. The number of aliphatic hydroxyl groups is 1. The van der Waals surface area contributed by atoms with Crippen LogP contribution in [0.4, 0.5) is 0 Å². The number of benzene rings is 1. The molecule has 0 fully saturated rings. The van der Waals surface area contributed by atoms with Crippen LogP contribution in [-0.2, 0) is 11.2 Å². The molecule has 0 spiro atoms. The van der Waals surface area contributed by atoms with Crippen LogP contribution in [-0.4, -0.2) is 30.2 Å². The molecule has 0 saturated carbocycles. The fraction of sp³-hybridized carbons (Fsp3) is 0.308. The lowest BCUT2D eigenvalue weighted by Crippen LogP contribution is -2.35. The molecule has 0 aliphatic heterocycles. The van der Waals surface area contributed by atoms with Gasteiger partial charge in [-0.05, 0) is 5.56 Å². The van der Waals surface area contributed by atoms with Crippen molar-refractivity contribution in [3.05, 3.63) is 48.0 Å². The molecule has 1 amide bonds. The molecule has 0 unspecified atom stereocenters. The molecule has 0 saturated heterocycles. The van der Waals surface area contributed by atoms with Crippen molar-refractivity contribution < 1.29 is 9.90 Å². The summed E-state index contributed by atoms with van der Waals surface area (Å²) in [5, 5.41) is 12.3. The van der Waals surface area contributed by atoms with Crippen molar-refractivity contribution in [2.75, 3.05) is 13.1 Å². The molecule has 0 aliphatic carbocycles. The van der Waals surface area contributed by atoms with E-state index in [9.17, 15) is 9.90 Å². The zero-order valence-corrected chi connectivity index (χ0v) is 9.67. The van der Waals surface area contributed by atoms with Gasteiger partial charge in [0.05, 0.1) is 0 Å². The number of carbonyl (C=O) groups is 1. The second-order valence-electron chi connectivity index (χ2n) is 3.66. The summed E-state index contributed by atoms with van der Waals surface area (Å²) in [6.45, 7) is 0.838. The van der Waals surface area contributed by atoms with E-state index in [-0.39, 0.29) is 5.91 Å². The molecule has 0 bridgehead atoms. The predicted octanol–water partition coefficient (Wildman–Crippen LogP) is 0.221. The van der Waals surface area contributed by atoms with Crippen molar-refractivity contribution in [1.82, 2.24) is 5.32 Å². The molecule has 92 valence electrons. The first-order chi connectivity index (χ1) is 8.24. The Morgan fingerprint density at radius 2 is 2.06 bits per heavy atom. The zero-order chi connectivity index (χ0) is 12.5. The Balaban J connectivity index is 2.34. The molecule has 4 nitrogen and oxygen atoms in total. The van der Waals surface area contributed by atoms with Crippen molar-refractivity contribution in [2.24, 2.45) is 5.73 Å². The summed E-state index contributed by atoms with van der Waals surface area (Å²) in [4.78, 5) is 11.5. The molecule has 4 N–H and O–H groups in total. The summed E-state index contributed by atoms with van der Waals surface area (Å²) in [7, 11) is 0. The molecule has 1 aromatic carbocycles. The van der Waals surface area contributed by atoms with E-state index in [0.717, 1.165) is 5.56 Å². The van der Waals surface area contributed by atoms with Gasteiger partial charge >= 0.3 is 0 Å². The Kier molecular flexibility index (Phi) is 5.99. The molecule has 4 heteroatoms. The fourth-order valence-electron chi connectivity index (χ4n) is 1.39. The Bertz CT molecular complexity index is 363. The standard InChI is InChI=1S/C13H18N2O2/c14-8-4-5-9-15-13(17)12(16)10-11-6-2-1-3-7-11/h1-7,12,16H,8-10,14H2,(H,15,17)/b5-4+/t12-/m0/s1. The Labute approximate surface area is 101 Å². The maximum Gasteiger partial charge on any atom is 0.249 e. The predicted molar refractivity (Wildman–Crippen MR) is 67.4 cm³/mol. The summed E-state index contributed by atoms with van der Waals surface area (Å²) >= 11 is 0. The molecular weight excluding hydrogens is 216 g/mol. The minimum Gasteiger partial charge on any atom is -0.383 e. The maximum absolute atomic E-state index is 11.5. The van der Waals surface area contributed by atoms with Gasteiger partial charge in [0.25, 0.3) is 0 Å². The van der Waals surface area contributed by atoms with E-state index in [1.165, 1.54) is 0 Å². The average molecular weight is 234 g/mol. The van der Waals surface area contributed by atoms with E-state index in [2.05, 4.69) is 5.32 Å². The largest absolute Gasteiger partial charge is 0.383 e. The van der Waals surface area contributed by atoms with Crippen molar-refractivity contribution in [1.29, 1.82) is 0 Å². The third-order valence-corrected chi connectivity index (χ3v) is 2.27. The minimum atomic E-state index is -1.01. The van der Waals surface area contributed by atoms with E-state index in [4.69, 9.17) is 5.73 Å². The molecule has 0 heterocycles. The average Bonchev–Trinajstić information content (AvgIpc) is 2.35. The van der Waals surface area contributed by atoms with Gasteiger partial charge < -0.3 is 16.2 Å². The SMILES string of the molecule is NC/C=C/CNC(=O)[C@@H](O)Cc1ccccc1. The molecule has 0 aromatic heterocycles. The van der Waals surface area contributed by atoms with Crippen LogP contribution in [0.15, 0.2) is 42.5 Å². The monoisotopic (exact) mass is 234 g/mol. The molecule has 17 heavy (non-hydrogen) atoms. The highest BCUT2D eigenvalue weighted by atomic mass is 16.3. The second kappa shape index (κ2) is 7.60.